The third-order valence-corrected chi connectivity index (χ3v) is 5.12. The van der Waals surface area contributed by atoms with Crippen LogP contribution in [0.4, 0.5) is 0 Å². The number of nitrogens with one attached hydrogen (secondary N) is 1. The molecule has 6 heteroatoms. The van der Waals surface area contributed by atoms with Crippen LogP contribution in [0, 0.1) is 16.2 Å². The van der Waals surface area contributed by atoms with E-state index in [2.05, 4.69) is 26.1 Å². The fourth-order valence-electron chi connectivity index (χ4n) is 2.68. The highest BCUT2D eigenvalue weighted by Crippen LogP contribution is 2.46. The van der Waals surface area contributed by atoms with Crippen molar-refractivity contribution in [3.05, 3.63) is 0 Å². The fraction of sp³-hybridized carbons (Fsp3) is 0.938. The molecule has 1 amide bonds. The monoisotopic (exact) mass is 335 g/mol. The van der Waals surface area contributed by atoms with Crippen LogP contribution < -0.4 is 5.32 Å². The molecular weight excluding hydrogens is 302 g/mol. The molecule has 0 fully saturated rings. The van der Waals surface area contributed by atoms with E-state index in [1.807, 2.05) is 27.7 Å². The molecule has 1 atom stereocenters. The SMILES string of the molecule is CC(C)(C)CC(C)(C(=O)NC(C)(C)CS(=O)(=O)O)C(C)(C)C. The van der Waals surface area contributed by atoms with Crippen molar-refractivity contribution in [1.29, 1.82) is 0 Å². The number of hydrogen-bond donors (Lipinski definition) is 2. The molecule has 0 spiro atoms. The summed E-state index contributed by atoms with van der Waals surface area (Å²) in [6.45, 7) is 17.4. The topological polar surface area (TPSA) is 83.5 Å². The summed E-state index contributed by atoms with van der Waals surface area (Å²) in [6.07, 6.45) is 0.664. The quantitative estimate of drug-likeness (QED) is 0.755. The normalized spacial score (nSPS) is 17.0. The van der Waals surface area contributed by atoms with Crippen molar-refractivity contribution in [3.63, 3.8) is 0 Å². The molecule has 0 bridgehead atoms. The van der Waals surface area contributed by atoms with E-state index in [0.717, 1.165) is 0 Å². The first-order valence-electron chi connectivity index (χ1n) is 7.57. The lowest BCUT2D eigenvalue weighted by atomic mass is 9.60. The summed E-state index contributed by atoms with van der Waals surface area (Å²) in [4.78, 5) is 12.9. The molecule has 22 heavy (non-hydrogen) atoms. The zero-order valence-electron chi connectivity index (χ0n) is 15.5. The van der Waals surface area contributed by atoms with Crippen LogP contribution in [0.1, 0.15) is 68.7 Å². The highest BCUT2D eigenvalue weighted by molar-refractivity contribution is 7.85. The summed E-state index contributed by atoms with van der Waals surface area (Å²) in [5.41, 5.74) is -2.04. The van der Waals surface area contributed by atoms with Gasteiger partial charge in [-0.05, 0) is 31.1 Å². The molecule has 0 saturated heterocycles. The van der Waals surface area contributed by atoms with Crippen molar-refractivity contribution in [3.8, 4) is 0 Å². The number of rotatable bonds is 5. The van der Waals surface area contributed by atoms with E-state index in [9.17, 15) is 13.2 Å². The van der Waals surface area contributed by atoms with Gasteiger partial charge < -0.3 is 5.32 Å². The van der Waals surface area contributed by atoms with Crippen LogP contribution in [-0.2, 0) is 14.9 Å². The van der Waals surface area contributed by atoms with Gasteiger partial charge in [-0.3, -0.25) is 9.35 Å². The average molecular weight is 336 g/mol. The minimum Gasteiger partial charge on any atom is -0.350 e. The Hall–Kier alpha value is -0.620. The zero-order valence-corrected chi connectivity index (χ0v) is 16.3. The van der Waals surface area contributed by atoms with Gasteiger partial charge in [-0.1, -0.05) is 48.5 Å². The maximum Gasteiger partial charge on any atom is 0.267 e. The Kier molecular flexibility index (Phi) is 5.94. The molecule has 0 aliphatic carbocycles. The summed E-state index contributed by atoms with van der Waals surface area (Å²) in [7, 11) is -4.16. The van der Waals surface area contributed by atoms with Gasteiger partial charge in [0.2, 0.25) is 5.91 Å². The fourth-order valence-corrected chi connectivity index (χ4v) is 3.67. The molecular formula is C16H33NO4S. The van der Waals surface area contributed by atoms with Gasteiger partial charge in [-0.25, -0.2) is 0 Å². The predicted octanol–water partition coefficient (Wildman–Crippen LogP) is 3.26. The molecule has 132 valence electrons. The Labute approximate surface area is 136 Å². The van der Waals surface area contributed by atoms with Crippen molar-refractivity contribution in [2.45, 2.75) is 74.3 Å². The van der Waals surface area contributed by atoms with Crippen LogP contribution in [0.25, 0.3) is 0 Å². The van der Waals surface area contributed by atoms with E-state index in [1.54, 1.807) is 13.8 Å². The highest BCUT2D eigenvalue weighted by Gasteiger charge is 2.47. The lowest BCUT2D eigenvalue weighted by molar-refractivity contribution is -0.140. The zero-order chi connectivity index (χ0) is 18.2. The van der Waals surface area contributed by atoms with Crippen molar-refractivity contribution < 1.29 is 17.8 Å². The molecule has 0 aromatic carbocycles. The van der Waals surface area contributed by atoms with Gasteiger partial charge in [-0.2, -0.15) is 8.42 Å². The highest BCUT2D eigenvalue weighted by atomic mass is 32.2. The molecule has 0 aromatic rings. The van der Waals surface area contributed by atoms with E-state index in [-0.39, 0.29) is 16.7 Å². The maximum absolute atomic E-state index is 12.9. The molecule has 0 rings (SSSR count). The van der Waals surface area contributed by atoms with Gasteiger partial charge in [0.25, 0.3) is 10.1 Å². The Bertz CT molecular complexity index is 509. The van der Waals surface area contributed by atoms with Crippen LogP contribution in [0.3, 0.4) is 0 Å². The van der Waals surface area contributed by atoms with E-state index in [4.69, 9.17) is 4.55 Å². The molecule has 0 aliphatic rings. The predicted molar refractivity (Wildman–Crippen MR) is 90.3 cm³/mol. The van der Waals surface area contributed by atoms with E-state index >= 15 is 0 Å². The average Bonchev–Trinajstić information content (AvgIpc) is 2.06. The molecule has 0 saturated carbocycles. The minimum atomic E-state index is -4.16. The minimum absolute atomic E-state index is 0.0490. The second-order valence-corrected chi connectivity index (χ2v) is 10.8. The first-order valence-corrected chi connectivity index (χ1v) is 9.18. The van der Waals surface area contributed by atoms with Crippen LogP contribution >= 0.6 is 0 Å². The standard InChI is InChI=1S/C16H33NO4S/c1-13(2,3)10-16(9,14(4,5)6)12(18)17-15(7,8)11-22(19,20)21/h10-11H2,1-9H3,(H,17,18)(H,19,20,21). The summed E-state index contributed by atoms with van der Waals surface area (Å²) < 4.78 is 31.3. The van der Waals surface area contributed by atoms with E-state index in [0.29, 0.717) is 6.42 Å². The van der Waals surface area contributed by atoms with E-state index in [1.165, 1.54) is 0 Å². The van der Waals surface area contributed by atoms with Crippen LogP contribution in [0.2, 0.25) is 0 Å². The first-order chi connectivity index (χ1) is 9.29. The number of hydrogen-bond acceptors (Lipinski definition) is 3. The largest absolute Gasteiger partial charge is 0.350 e. The molecule has 1 unspecified atom stereocenters. The Balaban J connectivity index is 5.50. The first kappa shape index (κ1) is 21.4. The number of amides is 1. The lowest BCUT2D eigenvalue weighted by Crippen LogP contribution is -2.56. The lowest BCUT2D eigenvalue weighted by Gasteiger charge is -2.45. The van der Waals surface area contributed by atoms with Gasteiger partial charge >= 0.3 is 0 Å². The van der Waals surface area contributed by atoms with Gasteiger partial charge in [0.15, 0.2) is 0 Å². The number of carbonyl (C=O) groups is 1. The summed E-state index contributed by atoms with van der Waals surface area (Å²) in [5.74, 6) is -0.704. The van der Waals surface area contributed by atoms with Crippen molar-refractivity contribution >= 4 is 16.0 Å². The second-order valence-electron chi connectivity index (χ2n) is 9.38. The third kappa shape index (κ3) is 6.65. The Morgan fingerprint density at radius 2 is 1.36 bits per heavy atom. The molecule has 0 aliphatic heterocycles. The molecule has 5 nitrogen and oxygen atoms in total. The van der Waals surface area contributed by atoms with Gasteiger partial charge in [-0.15, -0.1) is 0 Å². The Morgan fingerprint density at radius 3 is 1.64 bits per heavy atom. The van der Waals surface area contributed by atoms with Gasteiger partial charge in [0, 0.05) is 0 Å². The van der Waals surface area contributed by atoms with Crippen LogP contribution in [0.5, 0.6) is 0 Å². The van der Waals surface area contributed by atoms with Crippen molar-refractivity contribution in [2.24, 2.45) is 16.2 Å². The molecule has 0 radical (unpaired) electrons. The molecule has 0 aromatic heterocycles. The smallest absolute Gasteiger partial charge is 0.267 e. The molecule has 0 heterocycles. The summed E-state index contributed by atoms with van der Waals surface area (Å²) in [6, 6.07) is 0. The molecule has 2 N–H and O–H groups in total. The second kappa shape index (κ2) is 6.11. The van der Waals surface area contributed by atoms with Crippen LogP contribution in [0.15, 0.2) is 0 Å². The summed E-state index contributed by atoms with van der Waals surface area (Å²) in [5, 5.41) is 2.80. The Morgan fingerprint density at radius 1 is 0.955 bits per heavy atom. The van der Waals surface area contributed by atoms with Crippen molar-refractivity contribution in [2.75, 3.05) is 5.75 Å². The van der Waals surface area contributed by atoms with Crippen LogP contribution in [-0.4, -0.2) is 30.2 Å². The van der Waals surface area contributed by atoms with Gasteiger partial charge in [0.1, 0.15) is 0 Å². The van der Waals surface area contributed by atoms with Crippen molar-refractivity contribution in [1.82, 2.24) is 5.32 Å². The maximum atomic E-state index is 12.9. The number of carbonyl (C=O) groups excluding carboxylic acids is 1. The van der Waals surface area contributed by atoms with E-state index < -0.39 is 26.8 Å². The summed E-state index contributed by atoms with van der Waals surface area (Å²) >= 11 is 0. The van der Waals surface area contributed by atoms with Gasteiger partial charge in [0.05, 0.1) is 16.7 Å². The third-order valence-electron chi connectivity index (χ3n) is 4.04.